The van der Waals surface area contributed by atoms with Crippen LogP contribution in [0, 0.1) is 16.2 Å². The molecule has 450 valence electrons. The third-order valence-electron chi connectivity index (χ3n) is 17.3. The van der Waals surface area contributed by atoms with Gasteiger partial charge in [0, 0.05) is 134 Å². The number of nitrogen functional groups attached to an aromatic ring is 2. The standard InChI is InChI=1S/C20H24ClN7OS.C15H20BrN5O.C9H18N2O.C6H3BrClN3.C5H5ClN2S.K/c1-12-16(22)20(11-29-12)3-7-27(8-4-20)19-26-10-14(18-25-6-9-28(18)19)30-13-2-5-24-17(23)15(13)21;1-10-12(17)15(9-22-10)2-5-20(6-3-15)14-19-8-11(16)13-18-4-7-21(13)14;1-7-8(10)9(6-12-7)2-4-11-5-3-9;7-4-3-10-6(8)11-2-1-9-5(4)11;6-4-3(9)1-2-8-5(4)7;/h2,5-6,9-10,12,16H,3-4,7-8,11,22H2,1H3,(H2,23,24);4,7-8,10,12H,2-3,5-6,9,17H2,1H3;7-8,11H,2-6,10H2,1H3;1-3H;1-2H,(H3,7,8,9);/q;;;;;+1/p-1/t12-,16+;10-,12+;7-,8+;;;/m000.../s1. The van der Waals surface area contributed by atoms with Crippen LogP contribution in [0.4, 0.5) is 23.5 Å². The van der Waals surface area contributed by atoms with E-state index in [1.54, 1.807) is 47.6 Å². The molecule has 0 radical (unpaired) electrons. The van der Waals surface area contributed by atoms with Crippen LogP contribution in [0.25, 0.3) is 16.9 Å². The Morgan fingerprint density at radius 2 is 0.976 bits per heavy atom. The Morgan fingerprint density at radius 1 is 0.553 bits per heavy atom. The van der Waals surface area contributed by atoms with Crippen molar-refractivity contribution in [2.24, 2.45) is 33.4 Å². The first-order chi connectivity index (χ1) is 40.3. The minimum absolute atomic E-state index is 0. The van der Waals surface area contributed by atoms with Gasteiger partial charge in [-0.1, -0.05) is 41.0 Å². The number of hydrogen-bond donors (Lipinski definition) is 6. The molecule has 0 saturated carbocycles. The fraction of sp³-hybridized carbons (Fsp3) is 0.491. The van der Waals surface area contributed by atoms with Crippen LogP contribution in [0.15, 0.2) is 104 Å². The topological polar surface area (TPSA) is 293 Å². The number of hydrogen-bond acceptors (Lipinski definition) is 21. The second-order valence-electron chi connectivity index (χ2n) is 22.1. The van der Waals surface area contributed by atoms with Gasteiger partial charge in [-0.3, -0.25) is 13.2 Å². The molecule has 0 aromatic carbocycles. The summed E-state index contributed by atoms with van der Waals surface area (Å²) in [5.41, 5.74) is 33.2. The van der Waals surface area contributed by atoms with Gasteiger partial charge in [0.15, 0.2) is 16.9 Å². The summed E-state index contributed by atoms with van der Waals surface area (Å²) in [6.45, 7) is 14.5. The molecule has 30 heteroatoms. The number of aromatic nitrogens is 11. The van der Waals surface area contributed by atoms with Crippen molar-refractivity contribution in [3.05, 3.63) is 105 Å². The predicted octanol–water partition coefficient (Wildman–Crippen LogP) is 5.14. The fourth-order valence-electron chi connectivity index (χ4n) is 11.9. The van der Waals surface area contributed by atoms with Gasteiger partial charge < -0.3 is 70.6 Å². The first-order valence-electron chi connectivity index (χ1n) is 27.7. The molecule has 22 nitrogen and oxygen atoms in total. The Morgan fingerprint density at radius 3 is 1.45 bits per heavy atom. The second kappa shape index (κ2) is 28.9. The van der Waals surface area contributed by atoms with E-state index in [2.05, 4.69) is 103 Å². The Labute approximate surface area is 578 Å². The zero-order valence-electron chi connectivity index (χ0n) is 47.7. The van der Waals surface area contributed by atoms with Crippen LogP contribution in [0.5, 0.6) is 0 Å². The number of halogens is 5. The maximum Gasteiger partial charge on any atom is 1.00 e. The van der Waals surface area contributed by atoms with Crippen LogP contribution in [0.1, 0.15) is 59.3 Å². The van der Waals surface area contributed by atoms with E-state index in [4.69, 9.17) is 95.3 Å². The van der Waals surface area contributed by atoms with Gasteiger partial charge in [-0.2, -0.15) is 4.90 Å². The normalized spacial score (nSPS) is 23.6. The zero-order chi connectivity index (χ0) is 59.5. The monoisotopic (exact) mass is 1410 g/mol. The number of anilines is 4. The van der Waals surface area contributed by atoms with Gasteiger partial charge in [-0.05, 0) is 122 Å². The van der Waals surface area contributed by atoms with Crippen molar-refractivity contribution in [3.8, 4) is 0 Å². The average molecular weight is 1410 g/mol. The molecule has 0 aliphatic carbocycles. The van der Waals surface area contributed by atoms with Gasteiger partial charge in [0.2, 0.25) is 17.2 Å². The van der Waals surface area contributed by atoms with Gasteiger partial charge in [-0.15, -0.1) is 0 Å². The summed E-state index contributed by atoms with van der Waals surface area (Å²) in [5.74, 6) is 2.45. The molecule has 14 heterocycles. The molecule has 14 rings (SSSR count). The minimum Gasteiger partial charge on any atom is -0.778 e. The Bertz CT molecular complexity index is 3490. The number of fused-ring (bicyclic) bond motifs is 3. The summed E-state index contributed by atoms with van der Waals surface area (Å²) in [6, 6.07) is 3.96. The predicted molar refractivity (Wildman–Crippen MR) is 339 cm³/mol. The molecule has 0 amide bonds. The SMILES string of the molecule is C[C@@H]1OCC2(CCN(c3ncc(Br)c4nccn34)CC2)[C@@H]1N.C[C@@H]1OCC2(CCN(c3ncc(Sc4ccnc(N)c4Cl)c4nccn34)CC2)[C@@H]1N.C[C@@H]1OCC2(CCNCC2)[C@@H]1N.Clc1ncc(Br)c2nccn12.Nc1nccc([S-])c1Cl.[K+]. The van der Waals surface area contributed by atoms with Crippen molar-refractivity contribution in [3.63, 3.8) is 0 Å². The summed E-state index contributed by atoms with van der Waals surface area (Å²) in [6.07, 6.45) is 26.4. The molecule has 11 N–H and O–H groups in total. The van der Waals surface area contributed by atoms with Crippen molar-refractivity contribution in [1.82, 2.24) is 58.4 Å². The van der Waals surface area contributed by atoms with Crippen molar-refractivity contribution < 1.29 is 65.6 Å². The van der Waals surface area contributed by atoms with Gasteiger partial charge >= 0.3 is 51.4 Å². The third kappa shape index (κ3) is 14.3. The van der Waals surface area contributed by atoms with Crippen molar-refractivity contribution in [2.45, 2.75) is 110 Å². The number of nitrogens with two attached hydrogens (primary N) is 5. The minimum atomic E-state index is 0. The van der Waals surface area contributed by atoms with Gasteiger partial charge in [-0.25, -0.2) is 39.9 Å². The van der Waals surface area contributed by atoms with Crippen LogP contribution >= 0.6 is 78.4 Å². The van der Waals surface area contributed by atoms with E-state index in [9.17, 15) is 0 Å². The summed E-state index contributed by atoms with van der Waals surface area (Å²) >= 11 is 30.7. The van der Waals surface area contributed by atoms with Gasteiger partial charge in [0.05, 0.1) is 62.0 Å². The molecule has 8 aromatic rings. The number of rotatable bonds is 4. The third-order valence-corrected chi connectivity index (χ3v) is 21.1. The molecule has 6 fully saturated rings. The average Bonchev–Trinajstić information content (AvgIpc) is 3.06. The number of ether oxygens (including phenoxy) is 3. The molecule has 0 unspecified atom stereocenters. The molecule has 6 aliphatic heterocycles. The molecule has 6 saturated heterocycles. The zero-order valence-corrected chi connectivity index (χ0v) is 57.9. The quantitative estimate of drug-likeness (QED) is 0.0755. The summed E-state index contributed by atoms with van der Waals surface area (Å²) < 4.78 is 24.8. The van der Waals surface area contributed by atoms with E-state index in [0.29, 0.717) is 37.3 Å². The van der Waals surface area contributed by atoms with Crippen LogP contribution in [-0.4, -0.2) is 149 Å². The first-order valence-corrected chi connectivity index (χ1v) is 31.7. The number of imidazole rings is 3. The van der Waals surface area contributed by atoms with Crippen LogP contribution in [0.2, 0.25) is 15.3 Å². The molecule has 8 aromatic heterocycles. The maximum atomic E-state index is 6.46. The Kier molecular flexibility index (Phi) is 22.7. The van der Waals surface area contributed by atoms with E-state index in [0.717, 1.165) is 132 Å². The number of nitrogens with one attached hydrogen (secondary N) is 1. The number of nitrogens with zero attached hydrogens (tertiary/aromatic N) is 13. The van der Waals surface area contributed by atoms with E-state index in [-0.39, 0.29) is 98.7 Å². The molecule has 6 atom stereocenters. The molecular weight excluding hydrogens is 1340 g/mol. The number of piperidine rings is 3. The smallest absolute Gasteiger partial charge is 0.778 e. The van der Waals surface area contributed by atoms with Gasteiger partial charge in [0.25, 0.3) is 0 Å². The molecule has 6 aliphatic rings. The molecule has 0 bridgehead atoms. The fourth-order valence-corrected chi connectivity index (χ4v) is 14.3. The Balaban J connectivity index is 0.000000137. The molecular formula is C55H69Br2Cl3KN19O3S2. The summed E-state index contributed by atoms with van der Waals surface area (Å²) in [4.78, 5) is 40.9. The number of pyridine rings is 2. The van der Waals surface area contributed by atoms with E-state index < -0.39 is 0 Å². The summed E-state index contributed by atoms with van der Waals surface area (Å²) in [7, 11) is 0. The van der Waals surface area contributed by atoms with Crippen LogP contribution < -0.4 is 95.2 Å². The molecule has 3 spiro atoms. The van der Waals surface area contributed by atoms with Crippen molar-refractivity contribution in [2.75, 3.05) is 80.4 Å². The van der Waals surface area contributed by atoms with E-state index in [1.807, 2.05) is 39.7 Å². The Hall–Kier alpha value is -2.88. The van der Waals surface area contributed by atoms with Crippen LogP contribution in [-0.2, 0) is 26.8 Å². The maximum absolute atomic E-state index is 6.46. The van der Waals surface area contributed by atoms with Crippen LogP contribution in [0.3, 0.4) is 0 Å². The van der Waals surface area contributed by atoms with E-state index >= 15 is 0 Å². The van der Waals surface area contributed by atoms with Gasteiger partial charge in [0.1, 0.15) is 11.6 Å². The van der Waals surface area contributed by atoms with Crippen molar-refractivity contribution in [1.29, 1.82) is 0 Å². The summed E-state index contributed by atoms with van der Waals surface area (Å²) in [5, 5.41) is 4.59. The van der Waals surface area contributed by atoms with E-state index in [1.165, 1.54) is 30.8 Å². The largest absolute Gasteiger partial charge is 1.00 e. The molecule has 85 heavy (non-hydrogen) atoms. The van der Waals surface area contributed by atoms with Crippen molar-refractivity contribution >= 4 is 132 Å². The second-order valence-corrected chi connectivity index (χ2v) is 26.4. The first kappa shape index (κ1) is 66.5.